The third kappa shape index (κ3) is 1.97. The van der Waals surface area contributed by atoms with E-state index < -0.39 is 5.91 Å². The smallest absolute Gasteiger partial charge is 0.268 e. The minimum atomic E-state index is -0.463. The van der Waals surface area contributed by atoms with Crippen LogP contribution in [0.2, 0.25) is 0 Å². The van der Waals surface area contributed by atoms with E-state index in [1.54, 1.807) is 0 Å². The molecule has 0 saturated carbocycles. The number of thiazole rings is 1. The Morgan fingerprint density at radius 2 is 2.06 bits per heavy atom. The van der Waals surface area contributed by atoms with E-state index in [1.807, 2.05) is 37.3 Å². The second-order valence-electron chi connectivity index (χ2n) is 3.37. The second-order valence-corrected chi connectivity index (χ2v) is 4.45. The normalized spacial score (nSPS) is 10.3. The molecule has 2 rings (SSSR count). The fourth-order valence-corrected chi connectivity index (χ4v) is 2.48. The lowest BCUT2D eigenvalue weighted by molar-refractivity contribution is 0.0996. The molecule has 4 heteroatoms. The van der Waals surface area contributed by atoms with Crippen LogP contribution in [0.25, 0.3) is 10.4 Å². The van der Waals surface area contributed by atoms with Gasteiger partial charge in [-0.2, -0.15) is 0 Å². The van der Waals surface area contributed by atoms with Crippen LogP contribution in [0.4, 0.5) is 0 Å². The monoisotopic (exact) mass is 232 g/mol. The number of amides is 1. The molecule has 0 aliphatic carbocycles. The van der Waals surface area contributed by atoms with Crippen LogP contribution in [-0.2, 0) is 6.42 Å². The Balaban J connectivity index is 2.55. The molecule has 0 atom stereocenters. The van der Waals surface area contributed by atoms with Crippen molar-refractivity contribution in [1.82, 2.24) is 4.98 Å². The topological polar surface area (TPSA) is 56.0 Å². The van der Waals surface area contributed by atoms with Gasteiger partial charge in [-0.25, -0.2) is 4.98 Å². The maximum Gasteiger partial charge on any atom is 0.268 e. The SMILES string of the molecule is CCc1nc(C(N)=O)c(-c2ccccc2)s1. The molecule has 0 unspecified atom stereocenters. The van der Waals surface area contributed by atoms with Crippen LogP contribution in [0.15, 0.2) is 30.3 Å². The van der Waals surface area contributed by atoms with E-state index in [-0.39, 0.29) is 0 Å². The van der Waals surface area contributed by atoms with E-state index in [0.29, 0.717) is 5.69 Å². The molecule has 0 bridgehead atoms. The van der Waals surface area contributed by atoms with Crippen molar-refractivity contribution in [3.05, 3.63) is 41.0 Å². The summed E-state index contributed by atoms with van der Waals surface area (Å²) >= 11 is 1.53. The van der Waals surface area contributed by atoms with Crippen LogP contribution in [-0.4, -0.2) is 10.9 Å². The molecule has 1 aromatic carbocycles. The fraction of sp³-hybridized carbons (Fsp3) is 0.167. The summed E-state index contributed by atoms with van der Waals surface area (Å²) in [7, 11) is 0. The number of rotatable bonds is 3. The molecule has 1 amide bonds. The Morgan fingerprint density at radius 1 is 1.38 bits per heavy atom. The Kier molecular flexibility index (Phi) is 3.01. The van der Waals surface area contributed by atoms with Crippen LogP contribution >= 0.6 is 11.3 Å². The summed E-state index contributed by atoms with van der Waals surface area (Å²) in [6, 6.07) is 9.73. The van der Waals surface area contributed by atoms with Crippen LogP contribution in [0.5, 0.6) is 0 Å². The van der Waals surface area contributed by atoms with E-state index in [9.17, 15) is 4.79 Å². The first-order chi connectivity index (χ1) is 7.72. The van der Waals surface area contributed by atoms with Gasteiger partial charge in [0.15, 0.2) is 0 Å². The lowest BCUT2D eigenvalue weighted by Gasteiger charge is -1.97. The van der Waals surface area contributed by atoms with Gasteiger partial charge >= 0.3 is 0 Å². The first-order valence-electron chi connectivity index (χ1n) is 5.07. The number of nitrogens with zero attached hydrogens (tertiary/aromatic N) is 1. The minimum absolute atomic E-state index is 0.382. The molecular formula is C12H12N2OS. The van der Waals surface area contributed by atoms with Crippen LogP contribution in [0, 0.1) is 0 Å². The van der Waals surface area contributed by atoms with Crippen molar-refractivity contribution < 1.29 is 4.79 Å². The molecule has 0 spiro atoms. The molecule has 0 fully saturated rings. The molecule has 0 saturated heterocycles. The Morgan fingerprint density at radius 3 is 2.62 bits per heavy atom. The first kappa shape index (κ1) is 10.8. The van der Waals surface area contributed by atoms with Crippen molar-refractivity contribution in [1.29, 1.82) is 0 Å². The number of carbonyl (C=O) groups is 1. The zero-order chi connectivity index (χ0) is 11.5. The van der Waals surface area contributed by atoms with Gasteiger partial charge in [0, 0.05) is 0 Å². The van der Waals surface area contributed by atoms with E-state index in [0.717, 1.165) is 21.9 Å². The number of nitrogens with two attached hydrogens (primary N) is 1. The fourth-order valence-electron chi connectivity index (χ4n) is 1.47. The highest BCUT2D eigenvalue weighted by molar-refractivity contribution is 7.15. The average molecular weight is 232 g/mol. The molecule has 0 aliphatic rings. The van der Waals surface area contributed by atoms with Crippen molar-refractivity contribution >= 4 is 17.2 Å². The first-order valence-corrected chi connectivity index (χ1v) is 5.89. The molecule has 82 valence electrons. The van der Waals surface area contributed by atoms with Gasteiger partial charge in [-0.05, 0) is 12.0 Å². The van der Waals surface area contributed by atoms with Gasteiger partial charge < -0.3 is 5.73 Å². The second kappa shape index (κ2) is 4.45. The van der Waals surface area contributed by atoms with Crippen molar-refractivity contribution in [2.45, 2.75) is 13.3 Å². The van der Waals surface area contributed by atoms with Gasteiger partial charge in [0.25, 0.3) is 5.91 Å². The number of hydrogen-bond donors (Lipinski definition) is 1. The lowest BCUT2D eigenvalue weighted by Crippen LogP contribution is -2.12. The summed E-state index contributed by atoms with van der Waals surface area (Å²) in [5, 5.41) is 0.938. The molecule has 0 radical (unpaired) electrons. The van der Waals surface area contributed by atoms with Gasteiger partial charge in [0.1, 0.15) is 5.69 Å². The summed E-state index contributed by atoms with van der Waals surface area (Å²) in [4.78, 5) is 16.4. The quantitative estimate of drug-likeness (QED) is 0.883. The summed E-state index contributed by atoms with van der Waals surface area (Å²) in [6.07, 6.45) is 0.817. The van der Waals surface area contributed by atoms with E-state index >= 15 is 0 Å². The average Bonchev–Trinajstić information content (AvgIpc) is 2.74. The third-order valence-electron chi connectivity index (χ3n) is 2.24. The molecule has 1 heterocycles. The number of aromatic nitrogens is 1. The minimum Gasteiger partial charge on any atom is -0.364 e. The standard InChI is InChI=1S/C12H12N2OS/c1-2-9-14-10(12(13)15)11(16-9)8-6-4-3-5-7-8/h3-7H,2H2,1H3,(H2,13,15). The number of primary amides is 1. The number of hydrogen-bond acceptors (Lipinski definition) is 3. The summed E-state index contributed by atoms with van der Waals surface area (Å²) < 4.78 is 0. The predicted molar refractivity (Wildman–Crippen MR) is 65.4 cm³/mol. The van der Waals surface area contributed by atoms with Crippen LogP contribution < -0.4 is 5.73 Å². The molecule has 2 N–H and O–H groups in total. The zero-order valence-corrected chi connectivity index (χ0v) is 9.75. The van der Waals surface area contributed by atoms with Crippen molar-refractivity contribution in [2.24, 2.45) is 5.73 Å². The molecule has 16 heavy (non-hydrogen) atoms. The predicted octanol–water partition coefficient (Wildman–Crippen LogP) is 2.47. The van der Waals surface area contributed by atoms with E-state index in [2.05, 4.69) is 4.98 Å². The largest absolute Gasteiger partial charge is 0.364 e. The highest BCUT2D eigenvalue weighted by atomic mass is 32.1. The number of carbonyl (C=O) groups excluding carboxylic acids is 1. The van der Waals surface area contributed by atoms with Crippen LogP contribution in [0.1, 0.15) is 22.4 Å². The Hall–Kier alpha value is -1.68. The van der Waals surface area contributed by atoms with Crippen molar-refractivity contribution in [3.8, 4) is 10.4 Å². The van der Waals surface area contributed by atoms with Crippen LogP contribution in [0.3, 0.4) is 0 Å². The molecule has 2 aromatic rings. The van der Waals surface area contributed by atoms with Gasteiger partial charge in [-0.15, -0.1) is 11.3 Å². The summed E-state index contributed by atoms with van der Waals surface area (Å²) in [6.45, 7) is 2.01. The third-order valence-corrected chi connectivity index (χ3v) is 3.49. The highest BCUT2D eigenvalue weighted by Gasteiger charge is 2.16. The maximum atomic E-state index is 11.3. The summed E-state index contributed by atoms with van der Waals surface area (Å²) in [5.41, 5.74) is 6.70. The molecule has 3 nitrogen and oxygen atoms in total. The van der Waals surface area contributed by atoms with Gasteiger partial charge in [0.2, 0.25) is 0 Å². The van der Waals surface area contributed by atoms with E-state index in [1.165, 1.54) is 11.3 Å². The highest BCUT2D eigenvalue weighted by Crippen LogP contribution is 2.30. The van der Waals surface area contributed by atoms with Gasteiger partial charge in [-0.3, -0.25) is 4.79 Å². The van der Waals surface area contributed by atoms with E-state index in [4.69, 9.17) is 5.73 Å². The zero-order valence-electron chi connectivity index (χ0n) is 8.93. The molecule has 1 aromatic heterocycles. The number of benzene rings is 1. The lowest BCUT2D eigenvalue weighted by atomic mass is 10.1. The molecule has 0 aliphatic heterocycles. The van der Waals surface area contributed by atoms with Crippen molar-refractivity contribution in [3.63, 3.8) is 0 Å². The van der Waals surface area contributed by atoms with Gasteiger partial charge in [0.05, 0.1) is 9.88 Å². The molecular weight excluding hydrogens is 220 g/mol. The Labute approximate surface area is 97.9 Å². The Bertz CT molecular complexity index is 505. The summed E-state index contributed by atoms with van der Waals surface area (Å²) in [5.74, 6) is -0.463. The van der Waals surface area contributed by atoms with Crippen molar-refractivity contribution in [2.75, 3.05) is 0 Å². The number of aryl methyl sites for hydroxylation is 1. The van der Waals surface area contributed by atoms with Gasteiger partial charge in [-0.1, -0.05) is 37.3 Å². The maximum absolute atomic E-state index is 11.3.